The van der Waals surface area contributed by atoms with Crippen LogP contribution in [0.5, 0.6) is 0 Å². The summed E-state index contributed by atoms with van der Waals surface area (Å²) in [6.45, 7) is 5.73. The summed E-state index contributed by atoms with van der Waals surface area (Å²) in [6.07, 6.45) is 0. The van der Waals surface area contributed by atoms with Crippen LogP contribution in [0.4, 0.5) is 4.79 Å². The van der Waals surface area contributed by atoms with Gasteiger partial charge in [0.1, 0.15) is 0 Å². The van der Waals surface area contributed by atoms with Gasteiger partial charge in [0.2, 0.25) is 0 Å². The lowest BCUT2D eigenvalue weighted by Crippen LogP contribution is -2.53. The van der Waals surface area contributed by atoms with Gasteiger partial charge in [0.25, 0.3) is 0 Å². The van der Waals surface area contributed by atoms with E-state index in [2.05, 4.69) is 21.7 Å². The van der Waals surface area contributed by atoms with Gasteiger partial charge in [-0.25, -0.2) is 10.2 Å². The van der Waals surface area contributed by atoms with Crippen molar-refractivity contribution >= 4 is 6.03 Å². The molecule has 5 heteroatoms. The molecule has 66 valence electrons. The number of rotatable bonds is 2. The molecule has 0 bridgehead atoms. The van der Waals surface area contributed by atoms with Crippen molar-refractivity contribution in [1.29, 1.82) is 0 Å². The largest absolute Gasteiger partial charge is 0.332 e. The molecule has 0 aromatic heterocycles. The van der Waals surface area contributed by atoms with Gasteiger partial charge in [-0.3, -0.25) is 5.43 Å². The summed E-state index contributed by atoms with van der Waals surface area (Å²) >= 11 is 0. The Labute approximate surface area is 66.9 Å². The highest BCUT2D eigenvalue weighted by Gasteiger charge is 2.12. The Morgan fingerprint density at radius 1 is 1.27 bits per heavy atom. The van der Waals surface area contributed by atoms with E-state index in [0.29, 0.717) is 0 Å². The Kier molecular flexibility index (Phi) is 3.84. The highest BCUT2D eigenvalue weighted by Crippen LogP contribution is 1.96. The minimum absolute atomic E-state index is 0.209. The fourth-order valence-corrected chi connectivity index (χ4v) is 0.491. The van der Waals surface area contributed by atoms with Crippen LogP contribution in [0.2, 0.25) is 0 Å². The molecule has 0 saturated carbocycles. The van der Waals surface area contributed by atoms with Crippen LogP contribution in [0.15, 0.2) is 0 Å². The van der Waals surface area contributed by atoms with E-state index in [0.717, 1.165) is 0 Å². The Hall–Kier alpha value is -0.810. The Morgan fingerprint density at radius 2 is 1.82 bits per heavy atom. The molecule has 5 nitrogen and oxygen atoms in total. The molecule has 0 aliphatic rings. The van der Waals surface area contributed by atoms with Gasteiger partial charge in [0.05, 0.1) is 0 Å². The molecular weight excluding hydrogens is 144 g/mol. The third-order valence-electron chi connectivity index (χ3n) is 0.790. The predicted octanol–water partition coefficient (Wildman–Crippen LogP) is -0.277. The van der Waals surface area contributed by atoms with Crippen molar-refractivity contribution in [3.8, 4) is 0 Å². The first-order valence-corrected chi connectivity index (χ1v) is 3.45. The third-order valence-corrected chi connectivity index (χ3v) is 0.790. The molecule has 4 N–H and O–H groups in total. The minimum atomic E-state index is -0.258. The quantitative estimate of drug-likeness (QED) is 0.420. The van der Waals surface area contributed by atoms with E-state index in [4.69, 9.17) is 0 Å². The summed E-state index contributed by atoms with van der Waals surface area (Å²) < 4.78 is 0. The van der Waals surface area contributed by atoms with Crippen molar-refractivity contribution < 1.29 is 4.79 Å². The summed E-state index contributed by atoms with van der Waals surface area (Å²) in [7, 11) is 1.66. The lowest BCUT2D eigenvalue weighted by molar-refractivity contribution is 0.225. The molecule has 0 unspecified atom stereocenters. The maximum absolute atomic E-state index is 10.9. The molecule has 0 rings (SSSR count). The molecule has 0 aromatic rings. The predicted molar refractivity (Wildman–Crippen MR) is 43.6 cm³/mol. The monoisotopic (exact) mass is 160 g/mol. The van der Waals surface area contributed by atoms with Gasteiger partial charge >= 0.3 is 6.03 Å². The fraction of sp³-hybridized carbons (Fsp3) is 0.833. The van der Waals surface area contributed by atoms with Crippen LogP contribution >= 0.6 is 0 Å². The molecule has 0 fully saturated rings. The first kappa shape index (κ1) is 10.2. The van der Waals surface area contributed by atoms with E-state index in [9.17, 15) is 4.79 Å². The van der Waals surface area contributed by atoms with Gasteiger partial charge in [-0.2, -0.15) is 5.53 Å². The van der Waals surface area contributed by atoms with Crippen LogP contribution in [-0.4, -0.2) is 18.6 Å². The molecular formula is C6H16N4O. The van der Waals surface area contributed by atoms with Crippen LogP contribution in [-0.2, 0) is 0 Å². The molecule has 0 radical (unpaired) electrons. The molecule has 0 spiro atoms. The second kappa shape index (κ2) is 4.15. The van der Waals surface area contributed by atoms with Crippen LogP contribution in [0.3, 0.4) is 0 Å². The second-order valence-electron chi connectivity index (χ2n) is 3.20. The highest BCUT2D eigenvalue weighted by atomic mass is 16.2. The third kappa shape index (κ3) is 7.08. The first-order chi connectivity index (χ1) is 4.95. The SMILES string of the molecule is CNNNC(=O)NC(C)(C)C. The van der Waals surface area contributed by atoms with Crippen molar-refractivity contribution in [1.82, 2.24) is 21.7 Å². The molecule has 0 aromatic carbocycles. The number of hydrogen-bond donors (Lipinski definition) is 4. The lowest BCUT2D eigenvalue weighted by atomic mass is 10.1. The second-order valence-corrected chi connectivity index (χ2v) is 3.20. The topological polar surface area (TPSA) is 65.2 Å². The van der Waals surface area contributed by atoms with E-state index in [-0.39, 0.29) is 11.6 Å². The van der Waals surface area contributed by atoms with Crippen LogP contribution in [0, 0.1) is 0 Å². The standard InChI is InChI=1S/C6H16N4O/c1-6(2,3)8-5(11)9-10-7-4/h7,10H,1-4H3,(H2,8,9,11). The van der Waals surface area contributed by atoms with E-state index < -0.39 is 0 Å². The number of carbonyl (C=O) groups excluding carboxylic acids is 1. The van der Waals surface area contributed by atoms with Crippen molar-refractivity contribution in [2.24, 2.45) is 0 Å². The summed E-state index contributed by atoms with van der Waals surface area (Å²) in [5, 5.41) is 2.70. The smallest absolute Gasteiger partial charge is 0.330 e. The lowest BCUT2D eigenvalue weighted by Gasteiger charge is -2.20. The molecule has 0 atom stereocenters. The van der Waals surface area contributed by atoms with Crippen LogP contribution in [0.1, 0.15) is 20.8 Å². The van der Waals surface area contributed by atoms with Gasteiger partial charge in [-0.1, -0.05) is 0 Å². The van der Waals surface area contributed by atoms with Gasteiger partial charge in [0, 0.05) is 12.6 Å². The maximum atomic E-state index is 10.9. The van der Waals surface area contributed by atoms with Crippen LogP contribution < -0.4 is 21.7 Å². The summed E-state index contributed by atoms with van der Waals surface area (Å²) in [4.78, 5) is 10.9. The molecule has 0 heterocycles. The highest BCUT2D eigenvalue weighted by molar-refractivity contribution is 5.73. The van der Waals surface area contributed by atoms with E-state index in [1.54, 1.807) is 7.05 Å². The average molecular weight is 160 g/mol. The number of nitrogens with one attached hydrogen (secondary N) is 4. The van der Waals surface area contributed by atoms with E-state index >= 15 is 0 Å². The number of carbonyl (C=O) groups is 1. The van der Waals surface area contributed by atoms with Crippen molar-refractivity contribution in [2.75, 3.05) is 7.05 Å². The van der Waals surface area contributed by atoms with Gasteiger partial charge in [-0.15, -0.1) is 0 Å². The van der Waals surface area contributed by atoms with Gasteiger partial charge in [-0.05, 0) is 20.8 Å². The zero-order chi connectivity index (χ0) is 8.91. The normalized spacial score (nSPS) is 10.9. The number of amides is 2. The van der Waals surface area contributed by atoms with Crippen LogP contribution in [0.25, 0.3) is 0 Å². The molecule has 11 heavy (non-hydrogen) atoms. The molecule has 2 amide bonds. The van der Waals surface area contributed by atoms with Crippen molar-refractivity contribution in [3.63, 3.8) is 0 Å². The maximum Gasteiger partial charge on any atom is 0.330 e. The Bertz CT molecular complexity index is 129. The number of hydrazine groups is 2. The molecule has 0 aliphatic heterocycles. The first-order valence-electron chi connectivity index (χ1n) is 3.45. The van der Waals surface area contributed by atoms with Crippen molar-refractivity contribution in [2.45, 2.75) is 26.3 Å². The summed E-state index contributed by atoms with van der Waals surface area (Å²) in [5.41, 5.74) is 7.19. The fourth-order valence-electron chi connectivity index (χ4n) is 0.491. The van der Waals surface area contributed by atoms with E-state index in [1.807, 2.05) is 20.8 Å². The zero-order valence-corrected chi connectivity index (χ0v) is 7.41. The van der Waals surface area contributed by atoms with Gasteiger partial charge in [0.15, 0.2) is 0 Å². The molecule has 0 aliphatic carbocycles. The van der Waals surface area contributed by atoms with Gasteiger partial charge < -0.3 is 5.32 Å². The van der Waals surface area contributed by atoms with Crippen molar-refractivity contribution in [3.05, 3.63) is 0 Å². The average Bonchev–Trinajstić information content (AvgIpc) is 1.79. The summed E-state index contributed by atoms with van der Waals surface area (Å²) in [5.74, 6) is 0. The van der Waals surface area contributed by atoms with E-state index in [1.165, 1.54) is 0 Å². The summed E-state index contributed by atoms with van der Waals surface area (Å²) in [6, 6.07) is -0.258. The number of urea groups is 1. The zero-order valence-electron chi connectivity index (χ0n) is 7.41. The molecule has 0 saturated heterocycles. The Morgan fingerprint density at radius 3 is 2.18 bits per heavy atom. The Balaban J connectivity index is 3.53. The minimum Gasteiger partial charge on any atom is -0.332 e. The number of hydrogen-bond acceptors (Lipinski definition) is 3.